The van der Waals surface area contributed by atoms with Crippen molar-refractivity contribution in [3.05, 3.63) is 47.7 Å². The van der Waals surface area contributed by atoms with Gasteiger partial charge in [0.1, 0.15) is 18.2 Å². The van der Waals surface area contributed by atoms with E-state index in [0.29, 0.717) is 19.2 Å². The Bertz CT molecular complexity index is 1160. The molecular weight excluding hydrogens is 438 g/mol. The fourth-order valence-corrected chi connectivity index (χ4v) is 5.43. The van der Waals surface area contributed by atoms with Crippen LogP contribution >= 0.6 is 0 Å². The highest BCUT2D eigenvalue weighted by atomic mass is 16.5. The Kier molecular flexibility index (Phi) is 7.23. The average Bonchev–Trinajstić information content (AvgIpc) is 2.89. The number of phenolic OH excluding ortho intramolecular Hbond substituents is 1. The number of anilines is 2. The second-order valence-electron chi connectivity index (χ2n) is 9.54. The molecule has 0 bridgehead atoms. The van der Waals surface area contributed by atoms with Gasteiger partial charge >= 0.3 is 6.01 Å². The van der Waals surface area contributed by atoms with Crippen molar-refractivity contribution in [2.45, 2.75) is 46.1 Å². The average molecular weight is 476 g/mol. The van der Waals surface area contributed by atoms with Gasteiger partial charge in [-0.3, -0.25) is 4.90 Å². The SMILES string of the molecule is CCN(CC)c1nc(OCCN2CCCCC2)nc2c1CCN(c1cc(O)cc3ccccc13)C2. The fraction of sp³-hybridized carbons (Fsp3) is 0.500. The lowest BCUT2D eigenvalue weighted by atomic mass is 10.0. The van der Waals surface area contributed by atoms with E-state index in [4.69, 9.17) is 14.7 Å². The largest absolute Gasteiger partial charge is 0.508 e. The van der Waals surface area contributed by atoms with Crippen LogP contribution in [0.5, 0.6) is 11.8 Å². The monoisotopic (exact) mass is 475 g/mol. The molecule has 0 spiro atoms. The van der Waals surface area contributed by atoms with Crippen LogP contribution in [-0.4, -0.2) is 65.8 Å². The highest BCUT2D eigenvalue weighted by Crippen LogP contribution is 2.36. The third-order valence-corrected chi connectivity index (χ3v) is 7.34. The summed E-state index contributed by atoms with van der Waals surface area (Å²) in [5.41, 5.74) is 3.29. The number of likely N-dealkylation sites (tertiary alicyclic amines) is 1. The number of aromatic nitrogens is 2. The Labute approximate surface area is 208 Å². The normalized spacial score (nSPS) is 16.3. The number of nitrogens with zero attached hydrogens (tertiary/aromatic N) is 5. The Hall–Kier alpha value is -3.06. The van der Waals surface area contributed by atoms with E-state index in [9.17, 15) is 5.11 Å². The van der Waals surface area contributed by atoms with Crippen molar-refractivity contribution in [3.8, 4) is 11.8 Å². The second kappa shape index (κ2) is 10.7. The molecule has 3 heterocycles. The molecule has 7 nitrogen and oxygen atoms in total. The summed E-state index contributed by atoms with van der Waals surface area (Å²) < 4.78 is 6.14. The molecule has 0 saturated carbocycles. The molecule has 2 aliphatic heterocycles. The molecule has 0 amide bonds. The smallest absolute Gasteiger partial charge is 0.318 e. The first-order valence-electron chi connectivity index (χ1n) is 13.1. The Morgan fingerprint density at radius 2 is 1.80 bits per heavy atom. The van der Waals surface area contributed by atoms with Crippen molar-refractivity contribution in [1.82, 2.24) is 14.9 Å². The van der Waals surface area contributed by atoms with Crippen LogP contribution in [0.1, 0.15) is 44.4 Å². The molecule has 3 aromatic rings. The van der Waals surface area contributed by atoms with Gasteiger partial charge in [-0.25, -0.2) is 0 Å². The maximum atomic E-state index is 10.4. The lowest BCUT2D eigenvalue weighted by Gasteiger charge is -2.34. The molecular formula is C28H37N5O2. The first-order chi connectivity index (χ1) is 17.2. The van der Waals surface area contributed by atoms with Gasteiger partial charge < -0.3 is 19.6 Å². The number of phenols is 1. The summed E-state index contributed by atoms with van der Waals surface area (Å²) in [4.78, 5) is 16.9. The van der Waals surface area contributed by atoms with E-state index in [1.807, 2.05) is 24.3 Å². The molecule has 5 rings (SSSR count). The predicted octanol–water partition coefficient (Wildman–Crippen LogP) is 4.61. The minimum absolute atomic E-state index is 0.290. The fourth-order valence-electron chi connectivity index (χ4n) is 5.43. The number of hydrogen-bond acceptors (Lipinski definition) is 7. The Morgan fingerprint density at radius 1 is 1.00 bits per heavy atom. The van der Waals surface area contributed by atoms with Crippen molar-refractivity contribution in [2.75, 3.05) is 55.7 Å². The van der Waals surface area contributed by atoms with E-state index in [1.165, 1.54) is 24.8 Å². The lowest BCUT2D eigenvalue weighted by Crippen LogP contribution is -2.35. The van der Waals surface area contributed by atoms with Gasteiger partial charge in [0.15, 0.2) is 0 Å². The number of piperidine rings is 1. The minimum atomic E-state index is 0.290. The molecule has 186 valence electrons. The maximum absolute atomic E-state index is 10.4. The van der Waals surface area contributed by atoms with E-state index in [0.717, 1.165) is 73.7 Å². The number of rotatable bonds is 8. The molecule has 1 N–H and O–H groups in total. The lowest BCUT2D eigenvalue weighted by molar-refractivity contribution is 0.177. The van der Waals surface area contributed by atoms with Gasteiger partial charge in [0.2, 0.25) is 0 Å². The molecule has 35 heavy (non-hydrogen) atoms. The van der Waals surface area contributed by atoms with Crippen LogP contribution in [0.2, 0.25) is 0 Å². The van der Waals surface area contributed by atoms with E-state index >= 15 is 0 Å². The number of fused-ring (bicyclic) bond motifs is 2. The van der Waals surface area contributed by atoms with Crippen LogP contribution < -0.4 is 14.5 Å². The molecule has 0 aliphatic carbocycles. The van der Waals surface area contributed by atoms with Gasteiger partial charge in [0, 0.05) is 48.9 Å². The summed E-state index contributed by atoms with van der Waals surface area (Å²) >= 11 is 0. The van der Waals surface area contributed by atoms with Crippen molar-refractivity contribution in [1.29, 1.82) is 0 Å². The summed E-state index contributed by atoms with van der Waals surface area (Å²) in [7, 11) is 0. The molecule has 1 fully saturated rings. The molecule has 0 unspecified atom stereocenters. The van der Waals surface area contributed by atoms with Crippen molar-refractivity contribution >= 4 is 22.3 Å². The molecule has 0 atom stereocenters. The van der Waals surface area contributed by atoms with Crippen molar-refractivity contribution in [3.63, 3.8) is 0 Å². The highest BCUT2D eigenvalue weighted by Gasteiger charge is 2.26. The summed E-state index contributed by atoms with van der Waals surface area (Å²) in [6.07, 6.45) is 4.75. The van der Waals surface area contributed by atoms with Crippen molar-refractivity contribution < 1.29 is 9.84 Å². The summed E-state index contributed by atoms with van der Waals surface area (Å²) in [6, 6.07) is 12.4. The second-order valence-corrected chi connectivity index (χ2v) is 9.54. The molecule has 2 aliphatic rings. The van der Waals surface area contributed by atoms with Gasteiger partial charge in [-0.05, 0) is 57.7 Å². The Morgan fingerprint density at radius 3 is 2.60 bits per heavy atom. The number of aromatic hydroxyl groups is 1. The molecule has 7 heteroatoms. The zero-order chi connectivity index (χ0) is 24.2. The van der Waals surface area contributed by atoms with Crippen LogP contribution in [0.25, 0.3) is 10.8 Å². The van der Waals surface area contributed by atoms with Gasteiger partial charge in [-0.15, -0.1) is 0 Å². The predicted molar refractivity (Wildman–Crippen MR) is 142 cm³/mol. The summed E-state index contributed by atoms with van der Waals surface area (Å²) in [5, 5.41) is 12.6. The van der Waals surface area contributed by atoms with E-state index in [-0.39, 0.29) is 5.75 Å². The van der Waals surface area contributed by atoms with Gasteiger partial charge in [-0.1, -0.05) is 30.7 Å². The highest BCUT2D eigenvalue weighted by molar-refractivity contribution is 5.95. The van der Waals surface area contributed by atoms with E-state index < -0.39 is 0 Å². The Balaban J connectivity index is 1.42. The van der Waals surface area contributed by atoms with Gasteiger partial charge in [0.25, 0.3) is 0 Å². The molecule has 1 aromatic heterocycles. The maximum Gasteiger partial charge on any atom is 0.318 e. The zero-order valence-electron chi connectivity index (χ0n) is 21.0. The summed E-state index contributed by atoms with van der Waals surface area (Å²) in [6.45, 7) is 11.5. The van der Waals surface area contributed by atoms with Crippen LogP contribution in [0.15, 0.2) is 36.4 Å². The van der Waals surface area contributed by atoms with E-state index in [1.54, 1.807) is 0 Å². The number of benzene rings is 2. The molecule has 0 radical (unpaired) electrons. The van der Waals surface area contributed by atoms with E-state index in [2.05, 4.69) is 40.7 Å². The third-order valence-electron chi connectivity index (χ3n) is 7.34. The van der Waals surface area contributed by atoms with Crippen molar-refractivity contribution in [2.24, 2.45) is 0 Å². The minimum Gasteiger partial charge on any atom is -0.508 e. The zero-order valence-corrected chi connectivity index (χ0v) is 21.0. The number of hydrogen-bond donors (Lipinski definition) is 1. The quantitative estimate of drug-likeness (QED) is 0.510. The van der Waals surface area contributed by atoms with Gasteiger partial charge in [-0.2, -0.15) is 9.97 Å². The van der Waals surface area contributed by atoms with Gasteiger partial charge in [0.05, 0.1) is 12.2 Å². The first kappa shape index (κ1) is 23.7. The van der Waals surface area contributed by atoms with Crippen LogP contribution in [0, 0.1) is 0 Å². The van der Waals surface area contributed by atoms with Crippen LogP contribution in [0.4, 0.5) is 11.5 Å². The number of ether oxygens (including phenoxy) is 1. The molecule has 2 aromatic carbocycles. The first-order valence-corrected chi connectivity index (χ1v) is 13.1. The van der Waals surface area contributed by atoms with Crippen LogP contribution in [0.3, 0.4) is 0 Å². The molecule has 1 saturated heterocycles. The summed E-state index contributed by atoms with van der Waals surface area (Å²) in [5.74, 6) is 1.30. The third kappa shape index (κ3) is 5.15. The topological polar surface area (TPSA) is 65.0 Å². The van der Waals surface area contributed by atoms with Crippen LogP contribution in [-0.2, 0) is 13.0 Å². The standard InChI is InChI=1S/C28H37N5O2/c1-3-32(4-2)27-24-12-15-33(26-19-22(34)18-21-10-6-7-11-23(21)26)20-25(24)29-28(30-27)35-17-16-31-13-8-5-9-14-31/h6-7,10-11,18-19,34H,3-5,8-9,12-17,20H2,1-2H3.